The number of ether oxygens (including phenoxy) is 1. The molecule has 2 aliphatic carbocycles. The zero-order chi connectivity index (χ0) is 25.9. The van der Waals surface area contributed by atoms with Crippen molar-refractivity contribution in [3.05, 3.63) is 42.2 Å². The van der Waals surface area contributed by atoms with Gasteiger partial charge in [0, 0.05) is 18.0 Å². The highest BCUT2D eigenvalue weighted by Gasteiger charge is 2.27. The Balaban J connectivity index is 1.21. The molecule has 2 saturated carbocycles. The van der Waals surface area contributed by atoms with Crippen molar-refractivity contribution >= 4 is 5.97 Å². The maximum atomic E-state index is 12.8. The first-order valence-electron chi connectivity index (χ1n) is 15.3. The standard InChI is InChI=1S/C33H48N2O2/c1-3-5-6-7-8-10-26-13-17-29(18-14-26)33(36)37-31-21-19-28(20-22-31)32-34-23-30(24-35-32)27-15-11-25(9-4-2)12-16-27/h19-27,29H,3-18H2,1-2H3/t25-,26?,27-,29?. The van der Waals surface area contributed by atoms with Gasteiger partial charge < -0.3 is 4.74 Å². The highest BCUT2D eigenvalue weighted by molar-refractivity contribution is 5.75. The van der Waals surface area contributed by atoms with E-state index in [0.717, 1.165) is 36.1 Å². The molecule has 1 aromatic carbocycles. The van der Waals surface area contributed by atoms with Crippen LogP contribution in [0.2, 0.25) is 0 Å². The number of carbonyl (C=O) groups is 1. The number of benzene rings is 1. The summed E-state index contributed by atoms with van der Waals surface area (Å²) < 4.78 is 5.75. The number of nitrogens with zero attached hydrogens (tertiary/aromatic N) is 2. The fourth-order valence-electron chi connectivity index (χ4n) is 6.49. The second-order valence-corrected chi connectivity index (χ2v) is 11.7. The summed E-state index contributed by atoms with van der Waals surface area (Å²) in [5.41, 5.74) is 2.23. The van der Waals surface area contributed by atoms with Crippen LogP contribution in [0, 0.1) is 17.8 Å². The molecule has 1 heterocycles. The van der Waals surface area contributed by atoms with Gasteiger partial charge in [-0.25, -0.2) is 9.97 Å². The van der Waals surface area contributed by atoms with E-state index < -0.39 is 0 Å². The van der Waals surface area contributed by atoms with E-state index in [4.69, 9.17) is 4.74 Å². The molecule has 0 aliphatic heterocycles. The minimum atomic E-state index is -0.0663. The summed E-state index contributed by atoms with van der Waals surface area (Å²) in [5, 5.41) is 0. The minimum Gasteiger partial charge on any atom is -0.426 e. The first-order chi connectivity index (χ1) is 18.2. The van der Waals surface area contributed by atoms with E-state index >= 15 is 0 Å². The Morgan fingerprint density at radius 1 is 0.757 bits per heavy atom. The maximum Gasteiger partial charge on any atom is 0.314 e. The normalized spacial score (nSPS) is 24.1. The molecule has 1 aromatic heterocycles. The molecule has 2 aromatic rings. The van der Waals surface area contributed by atoms with Crippen LogP contribution < -0.4 is 4.74 Å². The van der Waals surface area contributed by atoms with Crippen molar-refractivity contribution < 1.29 is 9.53 Å². The van der Waals surface area contributed by atoms with Gasteiger partial charge >= 0.3 is 5.97 Å². The Hall–Kier alpha value is -2.23. The van der Waals surface area contributed by atoms with Crippen LogP contribution in [0.4, 0.5) is 0 Å². The smallest absolute Gasteiger partial charge is 0.314 e. The molecule has 0 radical (unpaired) electrons. The Labute approximate surface area is 225 Å². The highest BCUT2D eigenvalue weighted by Crippen LogP contribution is 2.37. The van der Waals surface area contributed by atoms with E-state index in [-0.39, 0.29) is 11.9 Å². The van der Waals surface area contributed by atoms with Crippen LogP contribution in [-0.4, -0.2) is 15.9 Å². The number of hydrogen-bond donors (Lipinski definition) is 0. The third kappa shape index (κ3) is 8.38. The van der Waals surface area contributed by atoms with Crippen LogP contribution in [0.3, 0.4) is 0 Å². The van der Waals surface area contributed by atoms with Gasteiger partial charge in [0.05, 0.1) is 5.92 Å². The maximum absolute atomic E-state index is 12.8. The van der Waals surface area contributed by atoms with Gasteiger partial charge in [-0.1, -0.05) is 65.2 Å². The quantitative estimate of drug-likeness (QED) is 0.164. The average Bonchev–Trinajstić information content (AvgIpc) is 2.94. The third-order valence-corrected chi connectivity index (χ3v) is 8.91. The lowest BCUT2D eigenvalue weighted by Gasteiger charge is -2.28. The van der Waals surface area contributed by atoms with Crippen LogP contribution in [0.5, 0.6) is 5.75 Å². The molecule has 0 unspecified atom stereocenters. The Kier molecular flexibility index (Phi) is 11.0. The summed E-state index contributed by atoms with van der Waals surface area (Å²) in [7, 11) is 0. The summed E-state index contributed by atoms with van der Waals surface area (Å²) in [6.07, 6.45) is 24.2. The topological polar surface area (TPSA) is 52.1 Å². The van der Waals surface area contributed by atoms with Crippen LogP contribution >= 0.6 is 0 Å². The Morgan fingerprint density at radius 3 is 2.03 bits per heavy atom. The number of hydrogen-bond acceptors (Lipinski definition) is 4. The lowest BCUT2D eigenvalue weighted by Crippen LogP contribution is -2.25. The molecule has 4 rings (SSSR count). The van der Waals surface area contributed by atoms with Crippen LogP contribution in [-0.2, 0) is 4.79 Å². The molecule has 0 saturated heterocycles. The molecule has 0 bridgehead atoms. The summed E-state index contributed by atoms with van der Waals surface area (Å²) in [4.78, 5) is 22.1. The van der Waals surface area contributed by atoms with Crippen molar-refractivity contribution in [3.8, 4) is 17.1 Å². The van der Waals surface area contributed by atoms with E-state index in [1.807, 2.05) is 36.7 Å². The zero-order valence-corrected chi connectivity index (χ0v) is 23.3. The number of carbonyl (C=O) groups excluding carboxylic acids is 1. The van der Waals surface area contributed by atoms with Gasteiger partial charge in [-0.05, 0) is 98.9 Å². The van der Waals surface area contributed by atoms with E-state index in [1.54, 1.807) is 0 Å². The molecule has 4 nitrogen and oxygen atoms in total. The molecular formula is C33H48N2O2. The fourth-order valence-corrected chi connectivity index (χ4v) is 6.49. The van der Waals surface area contributed by atoms with Crippen molar-refractivity contribution in [3.63, 3.8) is 0 Å². The first kappa shape index (κ1) is 27.8. The lowest BCUT2D eigenvalue weighted by molar-refractivity contribution is -0.140. The number of rotatable bonds is 12. The van der Waals surface area contributed by atoms with Crippen LogP contribution in [0.25, 0.3) is 11.4 Å². The molecular weight excluding hydrogens is 456 g/mol. The Morgan fingerprint density at radius 2 is 1.38 bits per heavy atom. The van der Waals surface area contributed by atoms with Crippen LogP contribution in [0.1, 0.15) is 128 Å². The molecule has 37 heavy (non-hydrogen) atoms. The predicted octanol–water partition coefficient (Wildman–Crippen LogP) is 9.29. The van der Waals surface area contributed by atoms with E-state index in [0.29, 0.717) is 11.7 Å². The SMILES string of the molecule is CCCCCCCC1CCC(C(=O)Oc2ccc(-c3ncc([C@H]4CC[C@H](CCC)CC4)cn3)cc2)CC1. The monoisotopic (exact) mass is 504 g/mol. The summed E-state index contributed by atoms with van der Waals surface area (Å²) >= 11 is 0. The molecule has 2 aliphatic rings. The van der Waals surface area contributed by atoms with Gasteiger partial charge in [-0.2, -0.15) is 0 Å². The lowest BCUT2D eigenvalue weighted by atomic mass is 9.78. The molecule has 0 amide bonds. The van der Waals surface area contributed by atoms with Crippen molar-refractivity contribution in [2.24, 2.45) is 17.8 Å². The zero-order valence-electron chi connectivity index (χ0n) is 23.3. The Bertz CT molecular complexity index is 924. The van der Waals surface area contributed by atoms with Crippen molar-refractivity contribution in [2.75, 3.05) is 0 Å². The van der Waals surface area contributed by atoms with Gasteiger partial charge in [0.15, 0.2) is 5.82 Å². The van der Waals surface area contributed by atoms with E-state index in [2.05, 4.69) is 23.8 Å². The minimum absolute atomic E-state index is 0.0453. The van der Waals surface area contributed by atoms with Crippen molar-refractivity contribution in [1.82, 2.24) is 9.97 Å². The number of aromatic nitrogens is 2. The summed E-state index contributed by atoms with van der Waals surface area (Å²) in [6.45, 7) is 4.55. The number of esters is 1. The van der Waals surface area contributed by atoms with Gasteiger partial charge in [-0.15, -0.1) is 0 Å². The summed E-state index contributed by atoms with van der Waals surface area (Å²) in [5.74, 6) is 3.64. The molecule has 2 fully saturated rings. The molecule has 0 atom stereocenters. The van der Waals surface area contributed by atoms with Gasteiger partial charge in [0.25, 0.3) is 0 Å². The number of unbranched alkanes of at least 4 members (excludes halogenated alkanes) is 4. The molecule has 4 heteroatoms. The molecule has 202 valence electrons. The predicted molar refractivity (Wildman–Crippen MR) is 152 cm³/mol. The van der Waals surface area contributed by atoms with Gasteiger partial charge in [-0.3, -0.25) is 4.79 Å². The van der Waals surface area contributed by atoms with Gasteiger partial charge in [0.2, 0.25) is 0 Å². The molecule has 0 N–H and O–H groups in total. The fraction of sp³-hybridized carbons (Fsp3) is 0.667. The van der Waals surface area contributed by atoms with Gasteiger partial charge in [0.1, 0.15) is 5.75 Å². The van der Waals surface area contributed by atoms with Crippen molar-refractivity contribution in [1.29, 1.82) is 0 Å². The summed E-state index contributed by atoms with van der Waals surface area (Å²) in [6, 6.07) is 7.68. The van der Waals surface area contributed by atoms with Crippen molar-refractivity contribution in [2.45, 2.75) is 122 Å². The average molecular weight is 505 g/mol. The third-order valence-electron chi connectivity index (χ3n) is 8.91. The van der Waals surface area contributed by atoms with E-state index in [1.165, 1.54) is 95.5 Å². The second kappa shape index (κ2) is 14.6. The highest BCUT2D eigenvalue weighted by atomic mass is 16.5. The van der Waals surface area contributed by atoms with Crippen LogP contribution in [0.15, 0.2) is 36.7 Å². The first-order valence-corrected chi connectivity index (χ1v) is 15.3. The molecule has 0 spiro atoms. The van der Waals surface area contributed by atoms with E-state index in [9.17, 15) is 4.79 Å². The second-order valence-electron chi connectivity index (χ2n) is 11.7. The largest absolute Gasteiger partial charge is 0.426 e.